The molecule has 26 heavy (non-hydrogen) atoms. The molecule has 1 aliphatic heterocycles. The fraction of sp³-hybridized carbons (Fsp3) is 0.150. The molecule has 0 radical (unpaired) electrons. The van der Waals surface area contributed by atoms with Gasteiger partial charge in [0.1, 0.15) is 0 Å². The largest absolute Gasteiger partial charge is 0.353 e. The Labute approximate surface area is 158 Å². The zero-order valence-electron chi connectivity index (χ0n) is 13.8. The molecule has 5 nitrogen and oxygen atoms in total. The molecule has 0 unspecified atom stereocenters. The van der Waals surface area contributed by atoms with Crippen molar-refractivity contribution in [2.75, 3.05) is 5.32 Å². The summed E-state index contributed by atoms with van der Waals surface area (Å²) in [5.41, 5.74) is 6.28. The SMILES string of the molecule is O=C1Nc2ccc(Br)cc2/C1=N/N=C1\CCCc2c1[nH]c1ccccc21. The van der Waals surface area contributed by atoms with Crippen LogP contribution in [0.25, 0.3) is 10.9 Å². The Morgan fingerprint density at radius 2 is 1.92 bits per heavy atom. The molecule has 2 aliphatic rings. The van der Waals surface area contributed by atoms with Crippen LogP contribution in [-0.2, 0) is 11.2 Å². The number of aromatic nitrogens is 1. The maximum Gasteiger partial charge on any atom is 0.276 e. The van der Waals surface area contributed by atoms with Crippen LogP contribution in [0.15, 0.2) is 57.1 Å². The van der Waals surface area contributed by atoms with E-state index < -0.39 is 0 Å². The highest BCUT2D eigenvalue weighted by atomic mass is 79.9. The molecular formula is C20H15BrN4O. The zero-order chi connectivity index (χ0) is 17.7. The summed E-state index contributed by atoms with van der Waals surface area (Å²) in [7, 11) is 0. The van der Waals surface area contributed by atoms with Crippen LogP contribution in [0, 0.1) is 0 Å². The highest BCUT2D eigenvalue weighted by Crippen LogP contribution is 2.30. The van der Waals surface area contributed by atoms with Crippen molar-refractivity contribution < 1.29 is 4.79 Å². The van der Waals surface area contributed by atoms with Gasteiger partial charge in [0.15, 0.2) is 5.71 Å². The number of amides is 1. The number of hydrogen-bond donors (Lipinski definition) is 2. The van der Waals surface area contributed by atoms with Crippen molar-refractivity contribution in [3.05, 3.63) is 63.8 Å². The number of aromatic amines is 1. The van der Waals surface area contributed by atoms with E-state index in [0.29, 0.717) is 5.71 Å². The number of halogens is 1. The normalized spacial score (nSPS) is 19.0. The third-order valence-electron chi connectivity index (χ3n) is 4.91. The van der Waals surface area contributed by atoms with Gasteiger partial charge in [-0.25, -0.2) is 0 Å². The lowest BCUT2D eigenvalue weighted by Gasteiger charge is -2.12. The number of nitrogens with zero attached hydrogens (tertiary/aromatic N) is 2. The Bertz CT molecular complexity index is 1130. The van der Waals surface area contributed by atoms with Crippen molar-refractivity contribution in [2.45, 2.75) is 19.3 Å². The van der Waals surface area contributed by atoms with Crippen LogP contribution in [0.5, 0.6) is 0 Å². The Kier molecular flexibility index (Phi) is 3.53. The molecule has 0 saturated carbocycles. The maximum atomic E-state index is 12.3. The number of para-hydroxylation sites is 1. The van der Waals surface area contributed by atoms with Crippen molar-refractivity contribution in [2.24, 2.45) is 10.2 Å². The molecule has 5 rings (SSSR count). The van der Waals surface area contributed by atoms with E-state index in [-0.39, 0.29) is 5.91 Å². The number of anilines is 1. The van der Waals surface area contributed by atoms with Gasteiger partial charge < -0.3 is 10.3 Å². The van der Waals surface area contributed by atoms with Crippen molar-refractivity contribution in [1.29, 1.82) is 0 Å². The summed E-state index contributed by atoms with van der Waals surface area (Å²) in [4.78, 5) is 15.7. The molecule has 128 valence electrons. The first kappa shape index (κ1) is 15.5. The maximum absolute atomic E-state index is 12.3. The Balaban J connectivity index is 1.60. The van der Waals surface area contributed by atoms with Crippen LogP contribution >= 0.6 is 15.9 Å². The number of carbonyl (C=O) groups excluding carboxylic acids is 1. The minimum atomic E-state index is -0.213. The van der Waals surface area contributed by atoms with Gasteiger partial charge >= 0.3 is 0 Å². The topological polar surface area (TPSA) is 69.6 Å². The van der Waals surface area contributed by atoms with Gasteiger partial charge in [0, 0.05) is 20.9 Å². The van der Waals surface area contributed by atoms with Crippen molar-refractivity contribution in [3.63, 3.8) is 0 Å². The monoisotopic (exact) mass is 406 g/mol. The number of aryl methyl sites for hydroxylation is 1. The Morgan fingerprint density at radius 3 is 2.85 bits per heavy atom. The van der Waals surface area contributed by atoms with Crippen LogP contribution in [0.2, 0.25) is 0 Å². The third-order valence-corrected chi connectivity index (χ3v) is 5.41. The van der Waals surface area contributed by atoms with Gasteiger partial charge in [-0.15, -0.1) is 5.10 Å². The number of rotatable bonds is 1. The van der Waals surface area contributed by atoms with E-state index in [1.807, 2.05) is 24.3 Å². The number of H-pyrrole nitrogens is 1. The Morgan fingerprint density at radius 1 is 1.04 bits per heavy atom. The second kappa shape index (κ2) is 5.92. The second-order valence-corrected chi connectivity index (χ2v) is 7.43. The Hall–Kier alpha value is -2.73. The number of benzene rings is 2. The lowest BCUT2D eigenvalue weighted by Crippen LogP contribution is -2.15. The van der Waals surface area contributed by atoms with Crippen LogP contribution in [0.3, 0.4) is 0 Å². The summed E-state index contributed by atoms with van der Waals surface area (Å²) >= 11 is 3.45. The fourth-order valence-corrected chi connectivity index (χ4v) is 4.06. The summed E-state index contributed by atoms with van der Waals surface area (Å²) in [5, 5.41) is 12.9. The van der Waals surface area contributed by atoms with Crippen LogP contribution in [0.1, 0.15) is 29.7 Å². The van der Waals surface area contributed by atoms with Gasteiger partial charge in [0.05, 0.1) is 17.1 Å². The van der Waals surface area contributed by atoms with Crippen molar-refractivity contribution in [1.82, 2.24) is 4.98 Å². The third kappa shape index (κ3) is 2.41. The minimum absolute atomic E-state index is 0.213. The summed E-state index contributed by atoms with van der Waals surface area (Å²) in [6.07, 6.45) is 2.92. The highest BCUT2D eigenvalue weighted by Gasteiger charge is 2.27. The second-order valence-electron chi connectivity index (χ2n) is 6.52. The first-order chi connectivity index (χ1) is 12.7. The lowest BCUT2D eigenvalue weighted by atomic mass is 9.94. The molecule has 0 fully saturated rings. The van der Waals surface area contributed by atoms with E-state index in [2.05, 4.69) is 54.6 Å². The molecule has 1 amide bonds. The van der Waals surface area contributed by atoms with Crippen LogP contribution < -0.4 is 5.32 Å². The van der Waals surface area contributed by atoms with Crippen molar-refractivity contribution >= 4 is 49.9 Å². The number of fused-ring (bicyclic) bond motifs is 4. The molecule has 0 atom stereocenters. The van der Waals surface area contributed by atoms with E-state index in [9.17, 15) is 4.79 Å². The van der Waals surface area contributed by atoms with E-state index >= 15 is 0 Å². The van der Waals surface area contributed by atoms with Crippen molar-refractivity contribution in [3.8, 4) is 0 Å². The molecule has 2 heterocycles. The van der Waals surface area contributed by atoms with E-state index in [4.69, 9.17) is 0 Å². The molecular weight excluding hydrogens is 392 g/mol. The quantitative estimate of drug-likeness (QED) is 0.577. The van der Waals surface area contributed by atoms with Gasteiger partial charge in [-0.1, -0.05) is 34.1 Å². The summed E-state index contributed by atoms with van der Waals surface area (Å²) in [5.74, 6) is -0.213. The summed E-state index contributed by atoms with van der Waals surface area (Å²) < 4.78 is 0.906. The van der Waals surface area contributed by atoms with Gasteiger partial charge in [-0.3, -0.25) is 4.79 Å². The molecule has 1 aliphatic carbocycles. The molecule has 0 spiro atoms. The van der Waals surface area contributed by atoms with Gasteiger partial charge in [-0.05, 0) is 49.1 Å². The molecule has 0 saturated heterocycles. The summed E-state index contributed by atoms with van der Waals surface area (Å²) in [6.45, 7) is 0. The number of nitrogens with one attached hydrogen (secondary N) is 2. The standard InChI is InChI=1S/C20H15BrN4O/c21-11-8-9-16-14(10-11)19(20(26)23-16)25-24-17-7-3-5-13-12-4-1-2-6-15(12)22-18(13)17/h1-2,4,6,8-10,22H,3,5,7H2,(H,23,25,26)/b24-17+. The van der Waals surface area contributed by atoms with Crippen LogP contribution in [0.4, 0.5) is 5.69 Å². The average Bonchev–Trinajstić information content (AvgIpc) is 3.17. The molecule has 1 aromatic heterocycles. The molecule has 6 heteroatoms. The molecule has 2 N–H and O–H groups in total. The molecule has 3 aromatic rings. The lowest BCUT2D eigenvalue weighted by molar-refractivity contribution is -0.110. The molecule has 0 bridgehead atoms. The van der Waals surface area contributed by atoms with E-state index in [1.54, 1.807) is 0 Å². The van der Waals surface area contributed by atoms with Crippen LogP contribution in [-0.4, -0.2) is 22.3 Å². The fourth-order valence-electron chi connectivity index (χ4n) is 3.70. The average molecular weight is 407 g/mol. The zero-order valence-corrected chi connectivity index (χ0v) is 15.4. The van der Waals surface area contributed by atoms with E-state index in [1.165, 1.54) is 10.9 Å². The number of carbonyl (C=O) groups is 1. The number of hydrogen-bond acceptors (Lipinski definition) is 3. The first-order valence-corrected chi connectivity index (χ1v) is 9.36. The molecule has 2 aromatic carbocycles. The van der Waals surface area contributed by atoms with Gasteiger partial charge in [-0.2, -0.15) is 5.10 Å². The van der Waals surface area contributed by atoms with Gasteiger partial charge in [0.2, 0.25) is 0 Å². The van der Waals surface area contributed by atoms with E-state index in [0.717, 1.165) is 51.9 Å². The predicted molar refractivity (Wildman–Crippen MR) is 107 cm³/mol. The predicted octanol–water partition coefficient (Wildman–Crippen LogP) is 4.41. The minimum Gasteiger partial charge on any atom is -0.353 e. The van der Waals surface area contributed by atoms with Gasteiger partial charge in [0.25, 0.3) is 5.91 Å². The highest BCUT2D eigenvalue weighted by molar-refractivity contribution is 9.10. The summed E-state index contributed by atoms with van der Waals surface area (Å²) in [6, 6.07) is 13.9. The first-order valence-electron chi connectivity index (χ1n) is 8.56. The smallest absolute Gasteiger partial charge is 0.276 e.